The largest absolute Gasteiger partial charge is 0.382 e. The summed E-state index contributed by atoms with van der Waals surface area (Å²) < 4.78 is 0. The van der Waals surface area contributed by atoms with Crippen LogP contribution >= 0.6 is 0 Å². The van der Waals surface area contributed by atoms with Crippen molar-refractivity contribution in [3.63, 3.8) is 0 Å². The summed E-state index contributed by atoms with van der Waals surface area (Å²) in [6.45, 7) is 1.74. The lowest BCUT2D eigenvalue weighted by Crippen LogP contribution is -2.33. The number of nitrogens with two attached hydrogens (primary N) is 1. The monoisotopic (exact) mass is 203 g/mol. The molecule has 1 aliphatic heterocycles. The Morgan fingerprint density at radius 1 is 1.33 bits per heavy atom. The molecule has 0 amide bonds. The van der Waals surface area contributed by atoms with Gasteiger partial charge in [-0.15, -0.1) is 10.2 Å². The van der Waals surface area contributed by atoms with Gasteiger partial charge in [0.25, 0.3) is 0 Å². The minimum atomic E-state index is 0.197. The molecule has 2 heterocycles. The Kier molecular flexibility index (Phi) is 2.68. The van der Waals surface area contributed by atoms with Gasteiger partial charge in [0.1, 0.15) is 5.82 Å². The Bertz CT molecular complexity index is 358. The molecule has 0 unspecified atom stereocenters. The smallest absolute Gasteiger partial charge is 0.151 e. The van der Waals surface area contributed by atoms with E-state index in [0.717, 1.165) is 31.7 Å². The van der Waals surface area contributed by atoms with Gasteiger partial charge in [0.05, 0.1) is 6.07 Å². The third-order valence-electron chi connectivity index (χ3n) is 2.67. The molecule has 78 valence electrons. The summed E-state index contributed by atoms with van der Waals surface area (Å²) in [5.41, 5.74) is 5.46. The van der Waals surface area contributed by atoms with Crippen LogP contribution in [0.2, 0.25) is 0 Å². The van der Waals surface area contributed by atoms with Crippen LogP contribution in [0.5, 0.6) is 0 Å². The van der Waals surface area contributed by atoms with E-state index in [4.69, 9.17) is 11.0 Å². The fraction of sp³-hybridized carbons (Fsp3) is 0.500. The first-order valence-electron chi connectivity index (χ1n) is 5.03. The zero-order chi connectivity index (χ0) is 10.7. The van der Waals surface area contributed by atoms with Gasteiger partial charge in [-0.25, -0.2) is 0 Å². The summed E-state index contributed by atoms with van der Waals surface area (Å²) in [4.78, 5) is 2.14. The van der Waals surface area contributed by atoms with Crippen LogP contribution in [0.15, 0.2) is 12.1 Å². The standard InChI is InChI=1S/C10H13N5/c11-7-8-3-5-15(6-4-8)10-2-1-9(12)13-14-10/h1-2,8H,3-6H2,(H2,12,13). The lowest BCUT2D eigenvalue weighted by molar-refractivity contribution is 0.484. The molecule has 1 fully saturated rings. The van der Waals surface area contributed by atoms with Crippen LogP contribution in [0, 0.1) is 17.2 Å². The van der Waals surface area contributed by atoms with Gasteiger partial charge < -0.3 is 10.6 Å². The highest BCUT2D eigenvalue weighted by atomic mass is 15.3. The van der Waals surface area contributed by atoms with Gasteiger partial charge in [-0.1, -0.05) is 0 Å². The summed E-state index contributed by atoms with van der Waals surface area (Å²) >= 11 is 0. The zero-order valence-electron chi connectivity index (χ0n) is 8.43. The van der Waals surface area contributed by atoms with Gasteiger partial charge in [-0.3, -0.25) is 0 Å². The van der Waals surface area contributed by atoms with E-state index >= 15 is 0 Å². The highest BCUT2D eigenvalue weighted by molar-refractivity contribution is 5.41. The van der Waals surface area contributed by atoms with Crippen LogP contribution in [-0.4, -0.2) is 23.3 Å². The first-order chi connectivity index (χ1) is 7.29. The number of hydrogen-bond acceptors (Lipinski definition) is 5. The van der Waals surface area contributed by atoms with E-state index in [-0.39, 0.29) is 5.92 Å². The maximum Gasteiger partial charge on any atom is 0.151 e. The van der Waals surface area contributed by atoms with Crippen LogP contribution in [-0.2, 0) is 0 Å². The van der Waals surface area contributed by atoms with E-state index in [1.54, 1.807) is 6.07 Å². The van der Waals surface area contributed by atoms with Crippen molar-refractivity contribution in [2.45, 2.75) is 12.8 Å². The molecule has 0 spiro atoms. The minimum Gasteiger partial charge on any atom is -0.382 e. The van der Waals surface area contributed by atoms with Crippen LogP contribution in [0.3, 0.4) is 0 Å². The molecule has 5 heteroatoms. The van der Waals surface area contributed by atoms with Crippen LogP contribution in [0.4, 0.5) is 11.6 Å². The lowest BCUT2D eigenvalue weighted by atomic mass is 9.99. The highest BCUT2D eigenvalue weighted by Crippen LogP contribution is 2.20. The van der Waals surface area contributed by atoms with Crippen molar-refractivity contribution in [2.24, 2.45) is 5.92 Å². The molecule has 1 aliphatic rings. The van der Waals surface area contributed by atoms with Crippen molar-refractivity contribution in [3.8, 4) is 6.07 Å². The SMILES string of the molecule is N#CC1CCN(c2ccc(N)nn2)CC1. The van der Waals surface area contributed by atoms with Gasteiger partial charge in [-0.2, -0.15) is 5.26 Å². The number of anilines is 2. The molecule has 0 aromatic carbocycles. The fourth-order valence-electron chi connectivity index (χ4n) is 1.74. The topological polar surface area (TPSA) is 78.8 Å². The molecule has 1 saturated heterocycles. The second-order valence-electron chi connectivity index (χ2n) is 3.71. The number of aromatic nitrogens is 2. The van der Waals surface area contributed by atoms with E-state index in [9.17, 15) is 0 Å². The molecule has 2 N–H and O–H groups in total. The van der Waals surface area contributed by atoms with E-state index in [2.05, 4.69) is 21.2 Å². The molecule has 2 rings (SSSR count). The second kappa shape index (κ2) is 4.13. The van der Waals surface area contributed by atoms with Gasteiger partial charge >= 0.3 is 0 Å². The summed E-state index contributed by atoms with van der Waals surface area (Å²) in [5, 5.41) is 16.6. The lowest BCUT2D eigenvalue weighted by Gasteiger charge is -2.29. The van der Waals surface area contributed by atoms with E-state index in [0.29, 0.717) is 5.82 Å². The van der Waals surface area contributed by atoms with Gasteiger partial charge in [-0.05, 0) is 25.0 Å². The van der Waals surface area contributed by atoms with Crippen molar-refractivity contribution < 1.29 is 0 Å². The highest BCUT2D eigenvalue weighted by Gasteiger charge is 2.19. The molecule has 1 aromatic rings. The van der Waals surface area contributed by atoms with Crippen LogP contribution in [0.1, 0.15) is 12.8 Å². The van der Waals surface area contributed by atoms with Crippen LogP contribution in [0.25, 0.3) is 0 Å². The molecule has 0 radical (unpaired) electrons. The quantitative estimate of drug-likeness (QED) is 0.730. The molecule has 0 bridgehead atoms. The predicted octanol–water partition coefficient (Wildman–Crippen LogP) is 0.799. The molecule has 0 atom stereocenters. The average Bonchev–Trinajstić information content (AvgIpc) is 2.30. The number of hydrogen-bond donors (Lipinski definition) is 1. The summed E-state index contributed by atoms with van der Waals surface area (Å²) in [7, 11) is 0. The molecular formula is C10H13N5. The fourth-order valence-corrected chi connectivity index (χ4v) is 1.74. The van der Waals surface area contributed by atoms with Crippen molar-refractivity contribution in [1.29, 1.82) is 5.26 Å². The predicted molar refractivity (Wildman–Crippen MR) is 57.0 cm³/mol. The average molecular weight is 203 g/mol. The normalized spacial score (nSPS) is 17.4. The van der Waals surface area contributed by atoms with Crippen molar-refractivity contribution >= 4 is 11.6 Å². The van der Waals surface area contributed by atoms with Gasteiger partial charge in [0.2, 0.25) is 0 Å². The van der Waals surface area contributed by atoms with Crippen molar-refractivity contribution in [1.82, 2.24) is 10.2 Å². The molecule has 1 aromatic heterocycles. The maximum absolute atomic E-state index is 8.77. The number of nitrogen functional groups attached to an aromatic ring is 1. The Hall–Kier alpha value is -1.83. The minimum absolute atomic E-state index is 0.197. The third kappa shape index (κ3) is 2.15. The maximum atomic E-state index is 8.77. The molecule has 0 saturated carbocycles. The Labute approximate surface area is 88.5 Å². The summed E-state index contributed by atoms with van der Waals surface area (Å²) in [6.07, 6.45) is 1.81. The Balaban J connectivity index is 2.02. The van der Waals surface area contributed by atoms with Gasteiger partial charge in [0, 0.05) is 19.0 Å². The van der Waals surface area contributed by atoms with Crippen LogP contribution < -0.4 is 10.6 Å². The summed E-state index contributed by atoms with van der Waals surface area (Å²) in [6, 6.07) is 5.92. The summed E-state index contributed by atoms with van der Waals surface area (Å²) in [5.74, 6) is 1.48. The molecule has 15 heavy (non-hydrogen) atoms. The van der Waals surface area contributed by atoms with E-state index in [1.165, 1.54) is 0 Å². The Morgan fingerprint density at radius 2 is 2.07 bits per heavy atom. The number of nitriles is 1. The zero-order valence-corrected chi connectivity index (χ0v) is 8.43. The molecular weight excluding hydrogens is 190 g/mol. The van der Waals surface area contributed by atoms with Crippen molar-refractivity contribution in [3.05, 3.63) is 12.1 Å². The Morgan fingerprint density at radius 3 is 2.60 bits per heavy atom. The number of rotatable bonds is 1. The molecule has 0 aliphatic carbocycles. The van der Waals surface area contributed by atoms with Gasteiger partial charge in [0.15, 0.2) is 5.82 Å². The number of nitrogens with zero attached hydrogens (tertiary/aromatic N) is 4. The van der Waals surface area contributed by atoms with E-state index in [1.807, 2.05) is 6.07 Å². The first kappa shape index (κ1) is 9.71. The second-order valence-corrected chi connectivity index (χ2v) is 3.71. The first-order valence-corrected chi connectivity index (χ1v) is 5.03. The van der Waals surface area contributed by atoms with Crippen molar-refractivity contribution in [2.75, 3.05) is 23.7 Å². The molecule has 5 nitrogen and oxygen atoms in total. The number of piperidine rings is 1. The third-order valence-corrected chi connectivity index (χ3v) is 2.67. The van der Waals surface area contributed by atoms with E-state index < -0.39 is 0 Å².